The number of aliphatic hydroxyl groups excluding tert-OH is 14. The first-order chi connectivity index (χ1) is 31.6. The SMILES string of the molecule is C=C1C[C@@]23CC[C@H]4[C@@](C)(CCC[C@@]4(C)C(=O)O[C@@H]4OC(CO)[C@@H](O)[C@H](O)C4O)[C@@H]2CC[C@]1(O[C@@H]1OC(CO[C@H]2OC(CO)[C@@H](O)[C@H](O)C2O)[C@@H](O)[C@H](O)C1O[C@@H]1OC(CO)[C@@H](O)[C@H](O)C1O)C3. The fourth-order valence-electron chi connectivity index (χ4n) is 13.4. The van der Waals surface area contributed by atoms with Crippen molar-refractivity contribution in [1.82, 2.24) is 0 Å². The van der Waals surface area contributed by atoms with Gasteiger partial charge in [-0.3, -0.25) is 4.79 Å². The lowest BCUT2D eigenvalue weighted by atomic mass is 9.41. The van der Waals surface area contributed by atoms with E-state index >= 15 is 0 Å². The Balaban J connectivity index is 1.03. The number of hydrogen-bond donors (Lipinski definition) is 14. The number of hydrogen-bond acceptors (Lipinski definition) is 23. The topological polar surface area (TPSA) is 374 Å². The van der Waals surface area contributed by atoms with E-state index in [4.69, 9.17) is 37.9 Å². The molecule has 23 heteroatoms. The van der Waals surface area contributed by atoms with E-state index in [1.54, 1.807) is 0 Å². The van der Waals surface area contributed by atoms with Gasteiger partial charge in [0.05, 0.1) is 37.4 Å². The van der Waals surface area contributed by atoms with Crippen molar-refractivity contribution in [3.8, 4) is 0 Å². The highest BCUT2D eigenvalue weighted by Gasteiger charge is 2.69. The van der Waals surface area contributed by atoms with Gasteiger partial charge in [0.1, 0.15) is 97.7 Å². The quantitative estimate of drug-likeness (QED) is 0.0494. The van der Waals surface area contributed by atoms with Crippen molar-refractivity contribution >= 4 is 5.97 Å². The maximum atomic E-state index is 14.3. The number of ether oxygens (including phenoxy) is 8. The number of aliphatic hydroxyl groups is 14. The summed E-state index contributed by atoms with van der Waals surface area (Å²) < 4.78 is 47.4. The predicted molar refractivity (Wildman–Crippen MR) is 219 cm³/mol. The highest BCUT2D eigenvalue weighted by molar-refractivity contribution is 5.77. The summed E-state index contributed by atoms with van der Waals surface area (Å²) in [6.07, 6.45) is -28.1. The largest absolute Gasteiger partial charge is 0.432 e. The zero-order valence-electron chi connectivity index (χ0n) is 37.5. The molecule has 67 heavy (non-hydrogen) atoms. The zero-order valence-corrected chi connectivity index (χ0v) is 37.5. The normalized spacial score (nSPS) is 54.5. The van der Waals surface area contributed by atoms with E-state index in [0.29, 0.717) is 56.9 Å². The summed E-state index contributed by atoms with van der Waals surface area (Å²) in [7, 11) is 0. The molecule has 4 saturated heterocycles. The third-order valence-electron chi connectivity index (χ3n) is 17.1. The first-order valence-electron chi connectivity index (χ1n) is 23.4. The molecule has 0 radical (unpaired) electrons. The molecule has 2 bridgehead atoms. The van der Waals surface area contributed by atoms with Gasteiger partial charge in [0, 0.05) is 0 Å². The average Bonchev–Trinajstić information content (AvgIpc) is 3.50. The van der Waals surface area contributed by atoms with Gasteiger partial charge in [0.25, 0.3) is 0 Å². The second kappa shape index (κ2) is 19.4. The van der Waals surface area contributed by atoms with Crippen LogP contribution in [-0.4, -0.2) is 232 Å². The first kappa shape index (κ1) is 51.7. The smallest absolute Gasteiger partial charge is 0.314 e. The molecular weight excluding hydrogens is 896 g/mol. The van der Waals surface area contributed by atoms with E-state index in [9.17, 15) is 76.3 Å². The molecule has 8 fully saturated rings. The van der Waals surface area contributed by atoms with Crippen molar-refractivity contribution in [2.45, 2.75) is 200 Å². The van der Waals surface area contributed by atoms with Crippen molar-refractivity contribution < 1.29 is 114 Å². The third kappa shape index (κ3) is 8.73. The Morgan fingerprint density at radius 3 is 1.70 bits per heavy atom. The molecule has 0 amide bonds. The summed E-state index contributed by atoms with van der Waals surface area (Å²) in [5.41, 5.74) is -2.26. The van der Waals surface area contributed by atoms with Crippen LogP contribution in [0.5, 0.6) is 0 Å². The number of fused-ring (bicyclic) bond motifs is 3. The highest BCUT2D eigenvalue weighted by Crippen LogP contribution is 2.73. The maximum absolute atomic E-state index is 14.3. The lowest BCUT2D eigenvalue weighted by Crippen LogP contribution is -2.66. The van der Waals surface area contributed by atoms with Crippen LogP contribution in [0.2, 0.25) is 0 Å². The van der Waals surface area contributed by atoms with Crippen LogP contribution in [0.25, 0.3) is 0 Å². The second-order valence-electron chi connectivity index (χ2n) is 20.8. The predicted octanol–water partition coefficient (Wildman–Crippen LogP) is -5.11. The van der Waals surface area contributed by atoms with Crippen LogP contribution in [0.4, 0.5) is 0 Å². The Labute approximate surface area is 386 Å². The van der Waals surface area contributed by atoms with E-state index < -0.39 is 177 Å². The van der Waals surface area contributed by atoms with Gasteiger partial charge in [-0.2, -0.15) is 0 Å². The summed E-state index contributed by atoms with van der Waals surface area (Å²) >= 11 is 0. The molecule has 0 aromatic rings. The van der Waals surface area contributed by atoms with Crippen LogP contribution >= 0.6 is 0 Å². The molecule has 4 heterocycles. The molecule has 384 valence electrons. The van der Waals surface area contributed by atoms with Crippen LogP contribution in [0.1, 0.15) is 71.6 Å². The number of carbonyl (C=O) groups is 1. The second-order valence-corrected chi connectivity index (χ2v) is 20.8. The fourth-order valence-corrected chi connectivity index (χ4v) is 13.4. The maximum Gasteiger partial charge on any atom is 0.314 e. The minimum absolute atomic E-state index is 0.0370. The molecule has 23 nitrogen and oxygen atoms in total. The van der Waals surface area contributed by atoms with Crippen molar-refractivity contribution in [3.63, 3.8) is 0 Å². The number of carbonyl (C=O) groups excluding carboxylic acids is 1. The summed E-state index contributed by atoms with van der Waals surface area (Å²) in [6.45, 7) is 5.72. The Bertz CT molecular complexity index is 1750. The summed E-state index contributed by atoms with van der Waals surface area (Å²) in [5.74, 6) is -0.781. The van der Waals surface area contributed by atoms with Crippen molar-refractivity contribution in [2.75, 3.05) is 26.4 Å². The average molecular weight is 967 g/mol. The van der Waals surface area contributed by atoms with Crippen molar-refractivity contribution in [1.29, 1.82) is 0 Å². The van der Waals surface area contributed by atoms with E-state index in [-0.39, 0.29) is 11.8 Å². The van der Waals surface area contributed by atoms with Crippen LogP contribution in [0.15, 0.2) is 12.2 Å². The van der Waals surface area contributed by atoms with Gasteiger partial charge in [-0.05, 0) is 86.5 Å². The first-order valence-corrected chi connectivity index (χ1v) is 23.4. The molecule has 4 aliphatic carbocycles. The standard InChI is InChI=1S/C44H70O23/c1-17-11-43-9-5-22-41(2,7-4-8-42(22,3)40(59)66-38-34(58)30(54)26(50)20(14-47)63-38)23(43)6-10-44(17,16-43)67-39-35(65-37-33(57)29(53)25(49)19(13-46)62-37)31(55)27(51)21(64-39)15-60-36-32(56)28(52)24(48)18(12-45)61-36/h18-39,45-58H,1,4-16H2,2-3H3/t18?,19?,20?,21?,22-,23-,24+,25+,26+,27+,28-,29-,30-,31-,32?,33?,34?,35?,36-,37-,38-,39-,41+,42+,43+,44-/m0/s1. The molecular formula is C44H70O23. The van der Waals surface area contributed by atoms with Gasteiger partial charge in [-0.25, -0.2) is 0 Å². The lowest BCUT2D eigenvalue weighted by Gasteiger charge is -2.64. The minimum atomic E-state index is -1.90. The molecule has 26 atom stereocenters. The molecule has 4 aliphatic heterocycles. The highest BCUT2D eigenvalue weighted by atomic mass is 16.8. The third-order valence-corrected chi connectivity index (χ3v) is 17.1. The minimum Gasteiger partial charge on any atom is -0.432 e. The van der Waals surface area contributed by atoms with Crippen LogP contribution in [-0.2, 0) is 42.7 Å². The van der Waals surface area contributed by atoms with Gasteiger partial charge in [0.2, 0.25) is 6.29 Å². The Hall–Kier alpha value is -1.63. The Morgan fingerprint density at radius 2 is 1.10 bits per heavy atom. The van der Waals surface area contributed by atoms with E-state index in [1.807, 2.05) is 6.92 Å². The van der Waals surface area contributed by atoms with Gasteiger partial charge in [-0.15, -0.1) is 0 Å². The number of esters is 1. The molecule has 0 aromatic heterocycles. The zero-order chi connectivity index (χ0) is 48.7. The van der Waals surface area contributed by atoms with Crippen LogP contribution < -0.4 is 0 Å². The molecule has 4 saturated carbocycles. The molecule has 14 N–H and O–H groups in total. The summed E-state index contributed by atoms with van der Waals surface area (Å²) in [6, 6.07) is 0. The Morgan fingerprint density at radius 1 is 0.597 bits per heavy atom. The van der Waals surface area contributed by atoms with Crippen LogP contribution in [0.3, 0.4) is 0 Å². The van der Waals surface area contributed by atoms with Gasteiger partial charge in [-0.1, -0.05) is 19.9 Å². The molecule has 8 aliphatic rings. The molecule has 8 unspecified atom stereocenters. The van der Waals surface area contributed by atoms with Crippen molar-refractivity contribution in [2.24, 2.45) is 28.1 Å². The monoisotopic (exact) mass is 966 g/mol. The molecule has 1 spiro atoms. The number of rotatable bonds is 12. The van der Waals surface area contributed by atoms with E-state index in [0.717, 1.165) is 6.42 Å². The van der Waals surface area contributed by atoms with E-state index in [1.165, 1.54) is 0 Å². The molecule has 8 rings (SSSR count). The summed E-state index contributed by atoms with van der Waals surface area (Å²) in [4.78, 5) is 14.3. The van der Waals surface area contributed by atoms with Crippen LogP contribution in [0, 0.1) is 28.1 Å². The summed E-state index contributed by atoms with van der Waals surface area (Å²) in [5, 5.41) is 147. The van der Waals surface area contributed by atoms with Crippen molar-refractivity contribution in [3.05, 3.63) is 12.2 Å². The lowest BCUT2D eigenvalue weighted by molar-refractivity contribution is -0.382. The van der Waals surface area contributed by atoms with E-state index in [2.05, 4.69) is 13.5 Å². The van der Waals surface area contributed by atoms with Gasteiger partial charge in [0.15, 0.2) is 18.9 Å². The molecule has 0 aromatic carbocycles. The Kier molecular flexibility index (Phi) is 15.0. The van der Waals surface area contributed by atoms with Gasteiger partial charge >= 0.3 is 5.97 Å². The van der Waals surface area contributed by atoms with Gasteiger partial charge < -0.3 is 109 Å². The fraction of sp³-hybridized carbons (Fsp3) is 0.932.